The summed E-state index contributed by atoms with van der Waals surface area (Å²) in [6.45, 7) is 6.73. The second kappa shape index (κ2) is 8.69. The van der Waals surface area contributed by atoms with Crippen LogP contribution in [0.3, 0.4) is 0 Å². The standard InChI is InChI=1S/C21H23N3O4S2/c1-21(2,3)8-14-9-22-18(28-14)11-29-19-10-23-20(30-19)24-17(25)7-13-4-5-15-16(6-13)27-12-26-15/h4-6,9-10H,7-8,11-12H2,1-3H3,(H,23,24,25). The van der Waals surface area contributed by atoms with E-state index in [0.717, 1.165) is 22.0 Å². The number of fused-ring (bicyclic) bond motifs is 1. The molecule has 0 saturated heterocycles. The lowest BCUT2D eigenvalue weighted by Gasteiger charge is -2.15. The SMILES string of the molecule is CC(C)(C)Cc1cnc(CSc2cnc(NC(=O)Cc3ccc4c(c3)OCO4)s2)o1. The lowest BCUT2D eigenvalue weighted by atomic mass is 9.91. The number of oxazole rings is 1. The third-order valence-corrected chi connectivity index (χ3v) is 6.27. The van der Waals surface area contributed by atoms with Crippen molar-refractivity contribution in [2.75, 3.05) is 12.1 Å². The number of nitrogens with zero attached hydrogens (tertiary/aromatic N) is 2. The smallest absolute Gasteiger partial charge is 0.231 e. The first-order chi connectivity index (χ1) is 14.3. The molecule has 1 aliphatic rings. The van der Waals surface area contributed by atoms with E-state index in [-0.39, 0.29) is 24.5 Å². The summed E-state index contributed by atoms with van der Waals surface area (Å²) < 4.78 is 17.4. The van der Waals surface area contributed by atoms with Gasteiger partial charge in [-0.3, -0.25) is 4.79 Å². The van der Waals surface area contributed by atoms with Gasteiger partial charge in [0, 0.05) is 6.42 Å². The second-order valence-corrected chi connectivity index (χ2v) is 10.4. The van der Waals surface area contributed by atoms with Gasteiger partial charge in [-0.05, 0) is 23.1 Å². The number of ether oxygens (including phenoxy) is 2. The summed E-state index contributed by atoms with van der Waals surface area (Å²) in [7, 11) is 0. The Morgan fingerprint density at radius 1 is 1.20 bits per heavy atom. The summed E-state index contributed by atoms with van der Waals surface area (Å²) in [5.41, 5.74) is 1.02. The molecular formula is C21H23N3O4S2. The van der Waals surface area contributed by atoms with Gasteiger partial charge in [0.25, 0.3) is 0 Å². The van der Waals surface area contributed by atoms with Crippen molar-refractivity contribution in [1.82, 2.24) is 9.97 Å². The predicted molar refractivity (Wildman–Crippen MR) is 116 cm³/mol. The lowest BCUT2D eigenvalue weighted by Crippen LogP contribution is -2.14. The van der Waals surface area contributed by atoms with Crippen molar-refractivity contribution in [2.24, 2.45) is 5.41 Å². The molecule has 0 aliphatic carbocycles. The Hall–Kier alpha value is -2.52. The molecule has 4 rings (SSSR count). The molecule has 0 spiro atoms. The zero-order valence-corrected chi connectivity index (χ0v) is 18.7. The van der Waals surface area contributed by atoms with Crippen LogP contribution in [0.5, 0.6) is 11.5 Å². The summed E-state index contributed by atoms with van der Waals surface area (Å²) in [4.78, 5) is 21.0. The molecule has 7 nitrogen and oxygen atoms in total. The number of carbonyl (C=O) groups is 1. The number of anilines is 1. The highest BCUT2D eigenvalue weighted by molar-refractivity contribution is 8.00. The van der Waals surface area contributed by atoms with Crippen molar-refractivity contribution in [3.05, 3.63) is 47.8 Å². The average molecular weight is 446 g/mol. The molecular weight excluding hydrogens is 422 g/mol. The number of aromatic nitrogens is 2. The minimum atomic E-state index is -0.126. The molecule has 0 saturated carbocycles. The molecule has 1 N–H and O–H groups in total. The Labute approximate surface area is 183 Å². The molecule has 1 aromatic carbocycles. The highest BCUT2D eigenvalue weighted by Crippen LogP contribution is 2.33. The first kappa shape index (κ1) is 20.7. The van der Waals surface area contributed by atoms with Crippen LogP contribution in [-0.2, 0) is 23.4 Å². The third kappa shape index (κ3) is 5.54. The van der Waals surface area contributed by atoms with Gasteiger partial charge in [-0.15, -0.1) is 11.8 Å². The Kier molecular flexibility index (Phi) is 6.01. The van der Waals surface area contributed by atoms with Crippen LogP contribution in [0.15, 0.2) is 39.2 Å². The molecule has 30 heavy (non-hydrogen) atoms. The van der Waals surface area contributed by atoms with Crippen molar-refractivity contribution in [2.45, 2.75) is 43.6 Å². The highest BCUT2D eigenvalue weighted by atomic mass is 32.2. The number of hydrogen-bond acceptors (Lipinski definition) is 8. The maximum Gasteiger partial charge on any atom is 0.231 e. The third-order valence-electron chi connectivity index (χ3n) is 4.18. The molecule has 1 aliphatic heterocycles. The molecule has 158 valence electrons. The number of thioether (sulfide) groups is 1. The maximum atomic E-state index is 12.3. The van der Waals surface area contributed by atoms with Gasteiger partial charge in [0.2, 0.25) is 18.6 Å². The van der Waals surface area contributed by atoms with Crippen LogP contribution in [0.4, 0.5) is 5.13 Å². The van der Waals surface area contributed by atoms with Gasteiger partial charge >= 0.3 is 0 Å². The summed E-state index contributed by atoms with van der Waals surface area (Å²) in [5.74, 6) is 3.47. The molecule has 0 bridgehead atoms. The van der Waals surface area contributed by atoms with E-state index in [1.165, 1.54) is 11.3 Å². The molecule has 0 radical (unpaired) electrons. The van der Waals surface area contributed by atoms with Gasteiger partial charge in [0.15, 0.2) is 16.6 Å². The van der Waals surface area contributed by atoms with Crippen LogP contribution in [0.2, 0.25) is 0 Å². The Morgan fingerprint density at radius 3 is 2.87 bits per heavy atom. The molecule has 9 heteroatoms. The van der Waals surface area contributed by atoms with E-state index in [9.17, 15) is 4.79 Å². The molecule has 3 heterocycles. The van der Waals surface area contributed by atoms with Crippen molar-refractivity contribution in [3.63, 3.8) is 0 Å². The number of hydrogen-bond donors (Lipinski definition) is 1. The fraction of sp³-hybridized carbons (Fsp3) is 0.381. The topological polar surface area (TPSA) is 86.5 Å². The minimum absolute atomic E-state index is 0.126. The predicted octanol–water partition coefficient (Wildman–Crippen LogP) is 4.92. The Balaban J connectivity index is 1.27. The first-order valence-electron chi connectivity index (χ1n) is 9.55. The van der Waals surface area contributed by atoms with E-state index < -0.39 is 0 Å². The normalized spacial score (nSPS) is 12.9. The molecule has 0 atom stereocenters. The van der Waals surface area contributed by atoms with E-state index in [1.807, 2.05) is 18.2 Å². The van der Waals surface area contributed by atoms with Crippen LogP contribution in [0, 0.1) is 5.41 Å². The minimum Gasteiger partial charge on any atom is -0.454 e. The molecule has 3 aromatic rings. The Morgan fingerprint density at radius 2 is 2.03 bits per heavy atom. The van der Waals surface area contributed by atoms with Gasteiger partial charge < -0.3 is 19.2 Å². The average Bonchev–Trinajstić information content (AvgIpc) is 3.39. The summed E-state index contributed by atoms with van der Waals surface area (Å²) >= 11 is 3.02. The van der Waals surface area contributed by atoms with Gasteiger partial charge in [-0.2, -0.15) is 0 Å². The van der Waals surface area contributed by atoms with Crippen LogP contribution in [-0.4, -0.2) is 22.7 Å². The van der Waals surface area contributed by atoms with E-state index >= 15 is 0 Å². The van der Waals surface area contributed by atoms with Crippen LogP contribution >= 0.6 is 23.1 Å². The van der Waals surface area contributed by atoms with Crippen molar-refractivity contribution < 1.29 is 18.7 Å². The zero-order valence-electron chi connectivity index (χ0n) is 17.1. The van der Waals surface area contributed by atoms with Gasteiger partial charge in [0.05, 0.1) is 28.8 Å². The molecule has 1 amide bonds. The monoisotopic (exact) mass is 445 g/mol. The first-order valence-corrected chi connectivity index (χ1v) is 11.3. The second-order valence-electron chi connectivity index (χ2n) is 8.14. The maximum absolute atomic E-state index is 12.3. The fourth-order valence-corrected chi connectivity index (χ4v) is 4.68. The lowest BCUT2D eigenvalue weighted by molar-refractivity contribution is -0.115. The number of rotatable bonds is 7. The van der Waals surface area contributed by atoms with Gasteiger partial charge in [0.1, 0.15) is 5.76 Å². The van der Waals surface area contributed by atoms with Crippen LogP contribution < -0.4 is 14.8 Å². The van der Waals surface area contributed by atoms with Crippen molar-refractivity contribution in [3.8, 4) is 11.5 Å². The molecule has 0 unspecified atom stereocenters. The van der Waals surface area contributed by atoms with E-state index in [1.54, 1.807) is 24.2 Å². The van der Waals surface area contributed by atoms with Gasteiger partial charge in [-0.25, -0.2) is 9.97 Å². The van der Waals surface area contributed by atoms with Gasteiger partial charge in [-0.1, -0.05) is 38.2 Å². The van der Waals surface area contributed by atoms with Crippen molar-refractivity contribution in [1.29, 1.82) is 0 Å². The molecule has 0 fully saturated rings. The van der Waals surface area contributed by atoms with E-state index in [0.29, 0.717) is 28.3 Å². The number of thiazole rings is 1. The number of benzene rings is 1. The van der Waals surface area contributed by atoms with Crippen LogP contribution in [0.1, 0.15) is 38.0 Å². The number of carbonyl (C=O) groups excluding carboxylic acids is 1. The van der Waals surface area contributed by atoms with Crippen molar-refractivity contribution >= 4 is 34.1 Å². The summed E-state index contributed by atoms with van der Waals surface area (Å²) in [6.07, 6.45) is 4.65. The van der Waals surface area contributed by atoms with Crippen LogP contribution in [0.25, 0.3) is 0 Å². The van der Waals surface area contributed by atoms with E-state index in [2.05, 4.69) is 36.1 Å². The zero-order chi connectivity index (χ0) is 21.1. The highest BCUT2D eigenvalue weighted by Gasteiger charge is 2.16. The molecule has 2 aromatic heterocycles. The fourth-order valence-electron chi connectivity index (χ4n) is 2.94. The summed E-state index contributed by atoms with van der Waals surface area (Å²) in [5, 5.41) is 3.42. The number of nitrogens with one attached hydrogen (secondary N) is 1. The largest absolute Gasteiger partial charge is 0.454 e. The quantitative estimate of drug-likeness (QED) is 0.516. The number of amides is 1. The Bertz CT molecular complexity index is 1040. The van der Waals surface area contributed by atoms with E-state index in [4.69, 9.17) is 13.9 Å². The summed E-state index contributed by atoms with van der Waals surface area (Å²) in [6, 6.07) is 5.51.